The van der Waals surface area contributed by atoms with Crippen LogP contribution in [0.3, 0.4) is 0 Å². The van der Waals surface area contributed by atoms with Crippen molar-refractivity contribution in [3.8, 4) is 0 Å². The molecule has 1 N–H and O–H groups in total. The van der Waals surface area contributed by atoms with Gasteiger partial charge in [0.25, 0.3) is 5.91 Å². The number of nitrogens with one attached hydrogen (secondary N) is 1. The summed E-state index contributed by atoms with van der Waals surface area (Å²) in [7, 11) is 1.95. The molecule has 2 aromatic rings. The Bertz CT molecular complexity index is 731. The third kappa shape index (κ3) is 3.63. The van der Waals surface area contributed by atoms with E-state index in [9.17, 15) is 9.18 Å². The van der Waals surface area contributed by atoms with Crippen LogP contribution in [0.4, 0.5) is 10.2 Å². The molecule has 0 spiro atoms. The molecule has 1 saturated heterocycles. The van der Waals surface area contributed by atoms with Crippen LogP contribution in [0.1, 0.15) is 11.1 Å². The Kier molecular flexibility index (Phi) is 4.92. The van der Waals surface area contributed by atoms with Gasteiger partial charge in [0.1, 0.15) is 17.7 Å². The first-order valence-electron chi connectivity index (χ1n) is 7.91. The average molecular weight is 332 g/mol. The predicted octanol–water partition coefficient (Wildman–Crippen LogP) is 1.65. The SMILES string of the molecule is Cc1cnn(Cc2ccccc2F)c1NC(=O)C1CN(C)CCO1. The van der Waals surface area contributed by atoms with Crippen molar-refractivity contribution in [3.63, 3.8) is 0 Å². The van der Waals surface area contributed by atoms with Crippen LogP contribution < -0.4 is 5.32 Å². The van der Waals surface area contributed by atoms with Crippen LogP contribution in [0.15, 0.2) is 30.5 Å². The highest BCUT2D eigenvalue weighted by atomic mass is 19.1. The molecule has 24 heavy (non-hydrogen) atoms. The minimum absolute atomic E-state index is 0.208. The van der Waals surface area contributed by atoms with Crippen molar-refractivity contribution in [1.82, 2.24) is 14.7 Å². The fourth-order valence-corrected chi connectivity index (χ4v) is 2.68. The normalized spacial score (nSPS) is 18.5. The molecule has 0 bridgehead atoms. The number of anilines is 1. The number of benzene rings is 1. The largest absolute Gasteiger partial charge is 0.366 e. The van der Waals surface area contributed by atoms with Crippen molar-refractivity contribution in [2.45, 2.75) is 19.6 Å². The van der Waals surface area contributed by atoms with Crippen LogP contribution in [0.2, 0.25) is 0 Å². The number of halogens is 1. The smallest absolute Gasteiger partial charge is 0.255 e. The molecule has 1 aromatic heterocycles. The Morgan fingerprint density at radius 2 is 2.25 bits per heavy atom. The fourth-order valence-electron chi connectivity index (χ4n) is 2.68. The molecule has 2 heterocycles. The van der Waals surface area contributed by atoms with Gasteiger partial charge in [-0.05, 0) is 20.0 Å². The lowest BCUT2D eigenvalue weighted by atomic mass is 10.2. The lowest BCUT2D eigenvalue weighted by Crippen LogP contribution is -2.46. The van der Waals surface area contributed by atoms with E-state index in [2.05, 4.69) is 15.3 Å². The summed E-state index contributed by atoms with van der Waals surface area (Å²) in [5.41, 5.74) is 1.34. The number of carbonyl (C=O) groups is 1. The van der Waals surface area contributed by atoms with E-state index in [1.54, 1.807) is 29.1 Å². The zero-order chi connectivity index (χ0) is 17.1. The van der Waals surface area contributed by atoms with Crippen molar-refractivity contribution in [2.24, 2.45) is 0 Å². The number of ether oxygens (including phenoxy) is 1. The standard InChI is InChI=1S/C17H21FN4O2/c1-12-9-19-22(10-13-5-3-4-6-14(13)18)16(12)20-17(23)15-11-21(2)7-8-24-15/h3-6,9,15H,7-8,10-11H2,1-2H3,(H,20,23). The number of nitrogens with zero attached hydrogens (tertiary/aromatic N) is 3. The van der Waals surface area contributed by atoms with Gasteiger partial charge in [0.05, 0.1) is 19.3 Å². The number of morpholine rings is 1. The van der Waals surface area contributed by atoms with E-state index >= 15 is 0 Å². The predicted molar refractivity (Wildman–Crippen MR) is 88.3 cm³/mol. The van der Waals surface area contributed by atoms with Crippen molar-refractivity contribution in [3.05, 3.63) is 47.4 Å². The third-order valence-corrected chi connectivity index (χ3v) is 4.10. The molecule has 1 unspecified atom stereocenters. The van der Waals surface area contributed by atoms with Crippen molar-refractivity contribution >= 4 is 11.7 Å². The molecule has 0 saturated carbocycles. The van der Waals surface area contributed by atoms with Crippen LogP contribution in [0.25, 0.3) is 0 Å². The lowest BCUT2D eigenvalue weighted by molar-refractivity contribution is -0.132. The highest BCUT2D eigenvalue weighted by molar-refractivity contribution is 5.94. The second-order valence-electron chi connectivity index (χ2n) is 6.04. The molecule has 1 fully saturated rings. The number of hydrogen-bond donors (Lipinski definition) is 1. The first-order chi connectivity index (χ1) is 11.5. The van der Waals surface area contributed by atoms with Gasteiger partial charge >= 0.3 is 0 Å². The minimum Gasteiger partial charge on any atom is -0.366 e. The zero-order valence-electron chi connectivity index (χ0n) is 13.8. The highest BCUT2D eigenvalue weighted by Crippen LogP contribution is 2.18. The van der Waals surface area contributed by atoms with Gasteiger partial charge in [0.15, 0.2) is 0 Å². The number of carbonyl (C=O) groups excluding carboxylic acids is 1. The number of rotatable bonds is 4. The Balaban J connectivity index is 1.75. The van der Waals surface area contributed by atoms with Crippen molar-refractivity contribution < 1.29 is 13.9 Å². The van der Waals surface area contributed by atoms with E-state index in [-0.39, 0.29) is 18.3 Å². The number of aryl methyl sites for hydroxylation is 1. The summed E-state index contributed by atoms with van der Waals surface area (Å²) >= 11 is 0. The Hall–Kier alpha value is -2.25. The van der Waals surface area contributed by atoms with E-state index in [1.165, 1.54) is 6.07 Å². The summed E-state index contributed by atoms with van der Waals surface area (Å²) in [6, 6.07) is 6.54. The summed E-state index contributed by atoms with van der Waals surface area (Å²) in [4.78, 5) is 14.5. The summed E-state index contributed by atoms with van der Waals surface area (Å²) in [5, 5.41) is 7.13. The molecule has 6 nitrogen and oxygen atoms in total. The van der Waals surface area contributed by atoms with Crippen LogP contribution in [-0.2, 0) is 16.1 Å². The summed E-state index contributed by atoms with van der Waals surface area (Å²) in [5.74, 6) is 0.0696. The molecular weight excluding hydrogens is 311 g/mol. The van der Waals surface area contributed by atoms with Gasteiger partial charge in [-0.2, -0.15) is 5.10 Å². The molecule has 1 amide bonds. The molecular formula is C17H21FN4O2. The van der Waals surface area contributed by atoms with E-state index in [1.807, 2.05) is 14.0 Å². The minimum atomic E-state index is -0.514. The molecule has 1 atom stereocenters. The molecule has 0 aliphatic carbocycles. The summed E-state index contributed by atoms with van der Waals surface area (Å²) < 4.78 is 21.0. The second-order valence-corrected chi connectivity index (χ2v) is 6.04. The van der Waals surface area contributed by atoms with Crippen LogP contribution in [-0.4, -0.2) is 53.4 Å². The van der Waals surface area contributed by atoms with E-state index < -0.39 is 6.10 Å². The van der Waals surface area contributed by atoms with Gasteiger partial charge in [-0.3, -0.25) is 4.79 Å². The lowest BCUT2D eigenvalue weighted by Gasteiger charge is -2.29. The Morgan fingerprint density at radius 1 is 1.46 bits per heavy atom. The van der Waals surface area contributed by atoms with Gasteiger partial charge in [0.2, 0.25) is 0 Å². The van der Waals surface area contributed by atoms with Gasteiger partial charge in [-0.25, -0.2) is 9.07 Å². The van der Waals surface area contributed by atoms with Crippen molar-refractivity contribution in [1.29, 1.82) is 0 Å². The maximum atomic E-state index is 13.9. The zero-order valence-corrected chi connectivity index (χ0v) is 13.8. The molecule has 1 aliphatic rings. The molecule has 3 rings (SSSR count). The fraction of sp³-hybridized carbons (Fsp3) is 0.412. The van der Waals surface area contributed by atoms with Crippen molar-refractivity contribution in [2.75, 3.05) is 32.1 Å². The maximum Gasteiger partial charge on any atom is 0.255 e. The quantitative estimate of drug-likeness (QED) is 0.925. The average Bonchev–Trinajstić information content (AvgIpc) is 2.90. The van der Waals surface area contributed by atoms with Gasteiger partial charge in [-0.1, -0.05) is 18.2 Å². The number of likely N-dealkylation sites (N-methyl/N-ethyl adjacent to an activating group) is 1. The first-order valence-corrected chi connectivity index (χ1v) is 7.91. The number of hydrogen-bond acceptors (Lipinski definition) is 4. The second kappa shape index (κ2) is 7.11. The van der Waals surface area contributed by atoms with Gasteiger partial charge in [0, 0.05) is 24.2 Å². The summed E-state index contributed by atoms with van der Waals surface area (Å²) in [6.45, 7) is 4.00. The Labute approximate surface area is 140 Å². The first kappa shape index (κ1) is 16.6. The molecule has 1 aromatic carbocycles. The molecule has 1 aliphatic heterocycles. The third-order valence-electron chi connectivity index (χ3n) is 4.10. The monoisotopic (exact) mass is 332 g/mol. The van der Waals surface area contributed by atoms with Gasteiger partial charge in [-0.15, -0.1) is 0 Å². The Morgan fingerprint density at radius 3 is 3.00 bits per heavy atom. The maximum absolute atomic E-state index is 13.9. The van der Waals surface area contributed by atoms with Crippen LogP contribution in [0.5, 0.6) is 0 Å². The highest BCUT2D eigenvalue weighted by Gasteiger charge is 2.26. The van der Waals surface area contributed by atoms with E-state index in [0.717, 1.165) is 12.1 Å². The molecule has 128 valence electrons. The van der Waals surface area contributed by atoms with Gasteiger partial charge < -0.3 is 15.0 Å². The number of aromatic nitrogens is 2. The van der Waals surface area contributed by atoms with Crippen LogP contribution in [0, 0.1) is 12.7 Å². The topological polar surface area (TPSA) is 59.4 Å². The number of amides is 1. The molecule has 7 heteroatoms. The summed E-state index contributed by atoms with van der Waals surface area (Å²) in [6.07, 6.45) is 1.14. The molecule has 0 radical (unpaired) electrons. The van der Waals surface area contributed by atoms with Crippen LogP contribution >= 0.6 is 0 Å². The van der Waals surface area contributed by atoms with E-state index in [4.69, 9.17) is 4.74 Å². The van der Waals surface area contributed by atoms with E-state index in [0.29, 0.717) is 24.5 Å².